The van der Waals surface area contributed by atoms with E-state index in [2.05, 4.69) is 0 Å². The molecule has 0 spiro atoms. The largest absolute Gasteiger partial charge is 0.445 e. The van der Waals surface area contributed by atoms with E-state index >= 15 is 0 Å². The molecule has 0 radical (unpaired) electrons. The van der Waals surface area contributed by atoms with Crippen LogP contribution in [0.4, 0.5) is 0 Å². The van der Waals surface area contributed by atoms with Crippen molar-refractivity contribution < 1.29 is 4.52 Å². The molecule has 12 heavy (non-hydrogen) atoms. The molecule has 0 bridgehead atoms. The minimum absolute atomic E-state index is 0.761. The minimum Gasteiger partial charge on any atom is -0.445 e. The van der Waals surface area contributed by atoms with Crippen molar-refractivity contribution in [2.24, 2.45) is 0 Å². The normalized spacial score (nSPS) is 10.4. The molecular formula is C8H9Cl2OP. The van der Waals surface area contributed by atoms with Crippen molar-refractivity contribution in [2.45, 2.75) is 13.8 Å². The van der Waals surface area contributed by atoms with Crippen LogP contribution in [-0.2, 0) is 0 Å². The highest BCUT2D eigenvalue weighted by Gasteiger charge is 2.04. The summed E-state index contributed by atoms with van der Waals surface area (Å²) in [5.74, 6) is 0.761. The summed E-state index contributed by atoms with van der Waals surface area (Å²) < 4.78 is 5.20. The Morgan fingerprint density at radius 3 is 2.42 bits per heavy atom. The standard InChI is InChI=1S/C8H9Cl2OP/c1-6-3-4-8(7(2)5-6)11-12(9)10/h3-5H,1-2H3. The van der Waals surface area contributed by atoms with Gasteiger partial charge in [0.25, 0.3) is 6.85 Å². The molecule has 66 valence electrons. The maximum absolute atomic E-state index is 5.53. The minimum atomic E-state index is -1.36. The van der Waals surface area contributed by atoms with Crippen molar-refractivity contribution in [3.05, 3.63) is 29.3 Å². The number of rotatable bonds is 2. The SMILES string of the molecule is Cc1ccc(OP(Cl)Cl)c(C)c1. The van der Waals surface area contributed by atoms with E-state index in [4.69, 9.17) is 27.0 Å². The molecule has 0 unspecified atom stereocenters. The Balaban J connectivity index is 2.86. The predicted octanol–water partition coefficient (Wildman–Crippen LogP) is 4.39. The van der Waals surface area contributed by atoms with Gasteiger partial charge in [0.1, 0.15) is 5.75 Å². The molecule has 0 N–H and O–H groups in total. The van der Waals surface area contributed by atoms with Gasteiger partial charge in [0, 0.05) is 0 Å². The second kappa shape index (κ2) is 4.32. The molecule has 1 aromatic carbocycles. The smallest absolute Gasteiger partial charge is 0.284 e. The van der Waals surface area contributed by atoms with Crippen LogP contribution >= 0.6 is 29.3 Å². The lowest BCUT2D eigenvalue weighted by molar-refractivity contribution is 0.631. The van der Waals surface area contributed by atoms with Gasteiger partial charge in [0.2, 0.25) is 0 Å². The molecule has 0 amide bonds. The van der Waals surface area contributed by atoms with Crippen molar-refractivity contribution in [3.8, 4) is 5.75 Å². The fourth-order valence-electron chi connectivity index (χ4n) is 0.976. The van der Waals surface area contributed by atoms with Gasteiger partial charge in [-0.2, -0.15) is 0 Å². The van der Waals surface area contributed by atoms with Gasteiger partial charge in [-0.05, 0) is 48.0 Å². The van der Waals surface area contributed by atoms with E-state index < -0.39 is 6.85 Å². The molecule has 0 saturated heterocycles. The number of benzene rings is 1. The van der Waals surface area contributed by atoms with E-state index in [0.29, 0.717) is 0 Å². The molecule has 0 saturated carbocycles. The molecule has 0 aliphatic heterocycles. The third kappa shape index (κ3) is 2.82. The fraction of sp³-hybridized carbons (Fsp3) is 0.250. The average molecular weight is 223 g/mol. The molecule has 1 rings (SSSR count). The summed E-state index contributed by atoms with van der Waals surface area (Å²) in [5.41, 5.74) is 2.26. The molecule has 1 aromatic rings. The highest BCUT2D eigenvalue weighted by molar-refractivity contribution is 8.00. The summed E-state index contributed by atoms with van der Waals surface area (Å²) in [6.07, 6.45) is 0. The summed E-state index contributed by atoms with van der Waals surface area (Å²) in [4.78, 5) is 0. The summed E-state index contributed by atoms with van der Waals surface area (Å²) >= 11 is 11.1. The van der Waals surface area contributed by atoms with Crippen LogP contribution in [0.3, 0.4) is 0 Å². The third-order valence-electron chi connectivity index (χ3n) is 1.50. The van der Waals surface area contributed by atoms with Crippen LogP contribution in [0.5, 0.6) is 5.75 Å². The fourth-order valence-corrected chi connectivity index (χ4v) is 1.78. The number of aryl methyl sites for hydroxylation is 2. The lowest BCUT2D eigenvalue weighted by Gasteiger charge is -2.08. The van der Waals surface area contributed by atoms with Gasteiger partial charge >= 0.3 is 0 Å². The van der Waals surface area contributed by atoms with E-state index in [1.54, 1.807) is 0 Å². The molecule has 4 heteroatoms. The van der Waals surface area contributed by atoms with Gasteiger partial charge in [-0.3, -0.25) is 0 Å². The second-order valence-corrected chi connectivity index (χ2v) is 5.51. The lowest BCUT2D eigenvalue weighted by Crippen LogP contribution is -1.84. The van der Waals surface area contributed by atoms with Crippen LogP contribution < -0.4 is 4.52 Å². The van der Waals surface area contributed by atoms with E-state index in [1.807, 2.05) is 32.0 Å². The average Bonchev–Trinajstić information content (AvgIpc) is 1.94. The predicted molar refractivity (Wildman–Crippen MR) is 55.2 cm³/mol. The van der Waals surface area contributed by atoms with Gasteiger partial charge in [-0.15, -0.1) is 0 Å². The van der Waals surface area contributed by atoms with Gasteiger partial charge in [0.05, 0.1) is 0 Å². The summed E-state index contributed by atoms with van der Waals surface area (Å²) in [5, 5.41) is 0. The Bertz CT molecular complexity index is 276. The van der Waals surface area contributed by atoms with Gasteiger partial charge in [0.15, 0.2) is 0 Å². The zero-order chi connectivity index (χ0) is 9.14. The quantitative estimate of drug-likeness (QED) is 0.675. The van der Waals surface area contributed by atoms with Crippen LogP contribution in [-0.4, -0.2) is 0 Å². The highest BCUT2D eigenvalue weighted by atomic mass is 35.9. The van der Waals surface area contributed by atoms with Gasteiger partial charge in [-0.1, -0.05) is 17.7 Å². The number of halogens is 2. The maximum atomic E-state index is 5.53. The first-order valence-electron chi connectivity index (χ1n) is 3.46. The molecular weight excluding hydrogens is 214 g/mol. The molecule has 0 aliphatic carbocycles. The Labute approximate surface area is 83.1 Å². The highest BCUT2D eigenvalue weighted by Crippen LogP contribution is 2.48. The van der Waals surface area contributed by atoms with Crippen molar-refractivity contribution >= 4 is 29.3 Å². The van der Waals surface area contributed by atoms with E-state index in [9.17, 15) is 0 Å². The zero-order valence-electron chi connectivity index (χ0n) is 6.84. The molecule has 0 atom stereocenters. The van der Waals surface area contributed by atoms with Crippen LogP contribution in [0.1, 0.15) is 11.1 Å². The number of hydrogen-bond donors (Lipinski definition) is 0. The van der Waals surface area contributed by atoms with Crippen LogP contribution in [0.15, 0.2) is 18.2 Å². The summed E-state index contributed by atoms with van der Waals surface area (Å²) in [6.45, 7) is 2.64. The third-order valence-corrected chi connectivity index (χ3v) is 2.25. The van der Waals surface area contributed by atoms with Crippen molar-refractivity contribution in [3.63, 3.8) is 0 Å². The van der Waals surface area contributed by atoms with Crippen LogP contribution in [0, 0.1) is 13.8 Å². The monoisotopic (exact) mass is 222 g/mol. The molecule has 0 aliphatic rings. The molecule has 0 fully saturated rings. The van der Waals surface area contributed by atoms with E-state index in [1.165, 1.54) is 5.56 Å². The van der Waals surface area contributed by atoms with Gasteiger partial charge < -0.3 is 4.52 Å². The van der Waals surface area contributed by atoms with Crippen molar-refractivity contribution in [1.29, 1.82) is 0 Å². The molecule has 0 heterocycles. The van der Waals surface area contributed by atoms with E-state index in [-0.39, 0.29) is 0 Å². The Hall–Kier alpha value is 0.0300. The zero-order valence-corrected chi connectivity index (χ0v) is 9.25. The Morgan fingerprint density at radius 1 is 1.25 bits per heavy atom. The van der Waals surface area contributed by atoms with Crippen LogP contribution in [0.2, 0.25) is 0 Å². The summed E-state index contributed by atoms with van der Waals surface area (Å²) in [6, 6.07) is 5.88. The Kier molecular flexibility index (Phi) is 3.64. The van der Waals surface area contributed by atoms with Crippen molar-refractivity contribution in [1.82, 2.24) is 0 Å². The Morgan fingerprint density at radius 2 is 1.92 bits per heavy atom. The van der Waals surface area contributed by atoms with Crippen molar-refractivity contribution in [2.75, 3.05) is 0 Å². The topological polar surface area (TPSA) is 9.23 Å². The first kappa shape index (κ1) is 10.1. The first-order valence-corrected chi connectivity index (χ1v) is 6.53. The first-order chi connectivity index (χ1) is 5.59. The summed E-state index contributed by atoms with van der Waals surface area (Å²) in [7, 11) is 0. The van der Waals surface area contributed by atoms with E-state index in [0.717, 1.165) is 11.3 Å². The maximum Gasteiger partial charge on any atom is 0.284 e. The van der Waals surface area contributed by atoms with Gasteiger partial charge in [-0.25, -0.2) is 0 Å². The second-order valence-electron chi connectivity index (χ2n) is 2.56. The lowest BCUT2D eigenvalue weighted by atomic mass is 10.1. The molecule has 0 aromatic heterocycles. The van der Waals surface area contributed by atoms with Crippen LogP contribution in [0.25, 0.3) is 0 Å². The molecule has 1 nitrogen and oxygen atoms in total. The number of hydrogen-bond acceptors (Lipinski definition) is 1.